The van der Waals surface area contributed by atoms with E-state index in [1.165, 1.54) is 6.07 Å². The highest BCUT2D eigenvalue weighted by molar-refractivity contribution is 6.30. The van der Waals surface area contributed by atoms with E-state index in [-0.39, 0.29) is 5.82 Å². The summed E-state index contributed by atoms with van der Waals surface area (Å²) in [6.07, 6.45) is 3.26. The number of halogens is 2. The molecule has 2 aliphatic rings. The molecule has 2 aliphatic heterocycles. The van der Waals surface area contributed by atoms with Gasteiger partial charge in [-0.15, -0.1) is 0 Å². The number of ether oxygens (including phenoxy) is 1. The minimum absolute atomic E-state index is 0.304. The van der Waals surface area contributed by atoms with E-state index in [0.717, 1.165) is 35.8 Å². The monoisotopic (exact) mass is 530 g/mol. The molecule has 0 bridgehead atoms. The van der Waals surface area contributed by atoms with Gasteiger partial charge >= 0.3 is 0 Å². The summed E-state index contributed by atoms with van der Waals surface area (Å²) in [5.41, 5.74) is 7.89. The van der Waals surface area contributed by atoms with Gasteiger partial charge in [0.2, 0.25) is 5.95 Å². The number of anilines is 4. The molecule has 9 nitrogen and oxygen atoms in total. The summed E-state index contributed by atoms with van der Waals surface area (Å²) >= 11 is 5.93. The van der Waals surface area contributed by atoms with Crippen molar-refractivity contribution in [3.63, 3.8) is 0 Å². The lowest BCUT2D eigenvalue weighted by Gasteiger charge is -2.29. The summed E-state index contributed by atoms with van der Waals surface area (Å²) < 4.78 is 19.9. The van der Waals surface area contributed by atoms with E-state index in [0.29, 0.717) is 47.9 Å². The van der Waals surface area contributed by atoms with Crippen molar-refractivity contribution in [1.82, 2.24) is 20.4 Å². The predicted molar refractivity (Wildman–Crippen MR) is 146 cm³/mol. The zero-order valence-electron chi connectivity index (χ0n) is 20.3. The minimum atomic E-state index is -0.304. The van der Waals surface area contributed by atoms with Gasteiger partial charge in [0, 0.05) is 42.4 Å². The van der Waals surface area contributed by atoms with E-state index in [1.807, 2.05) is 41.4 Å². The number of benzene rings is 2. The van der Waals surface area contributed by atoms with Crippen molar-refractivity contribution in [2.24, 2.45) is 4.99 Å². The maximum absolute atomic E-state index is 14.5. The first-order chi connectivity index (χ1) is 18.6. The van der Waals surface area contributed by atoms with Crippen LogP contribution in [0.15, 0.2) is 78.0 Å². The Bertz CT molecular complexity index is 1460. The van der Waals surface area contributed by atoms with Gasteiger partial charge in [0.1, 0.15) is 18.2 Å². The first-order valence-corrected chi connectivity index (χ1v) is 12.5. The van der Waals surface area contributed by atoms with Crippen LogP contribution in [0.25, 0.3) is 11.3 Å². The lowest BCUT2D eigenvalue weighted by molar-refractivity contribution is 0.122. The fourth-order valence-corrected chi connectivity index (χ4v) is 4.41. The number of aliphatic imine (C=N–C) groups is 1. The molecule has 0 unspecified atom stereocenters. The Morgan fingerprint density at radius 1 is 0.921 bits per heavy atom. The normalized spacial score (nSPS) is 15.3. The summed E-state index contributed by atoms with van der Waals surface area (Å²) in [6.45, 7) is 3.18. The highest BCUT2D eigenvalue weighted by Crippen LogP contribution is 2.27. The lowest BCUT2D eigenvalue weighted by Crippen LogP contribution is -2.36. The number of amidine groups is 1. The van der Waals surface area contributed by atoms with Crippen LogP contribution in [0.5, 0.6) is 0 Å². The molecule has 4 heterocycles. The molecule has 0 amide bonds. The van der Waals surface area contributed by atoms with Gasteiger partial charge in [-0.25, -0.2) is 19.4 Å². The number of hydrogen-bond acceptors (Lipinski definition) is 9. The number of nitrogens with zero attached hydrogens (tertiary/aromatic N) is 6. The van der Waals surface area contributed by atoms with Crippen LogP contribution in [0.1, 0.15) is 5.69 Å². The maximum atomic E-state index is 14.5. The van der Waals surface area contributed by atoms with Crippen LogP contribution in [0.3, 0.4) is 0 Å². The van der Waals surface area contributed by atoms with Gasteiger partial charge in [0.25, 0.3) is 0 Å². The number of morpholine rings is 1. The van der Waals surface area contributed by atoms with Gasteiger partial charge in [-0.1, -0.05) is 11.6 Å². The van der Waals surface area contributed by atoms with E-state index < -0.39 is 0 Å². The molecule has 6 rings (SSSR count). The van der Waals surface area contributed by atoms with Crippen molar-refractivity contribution >= 4 is 40.4 Å². The lowest BCUT2D eigenvalue weighted by atomic mass is 10.1. The van der Waals surface area contributed by atoms with Crippen LogP contribution < -0.4 is 20.7 Å². The average Bonchev–Trinajstić information content (AvgIpc) is 3.45. The highest BCUT2D eigenvalue weighted by atomic mass is 35.5. The Morgan fingerprint density at radius 3 is 2.55 bits per heavy atom. The Hall–Kier alpha value is -4.28. The second-order valence-electron chi connectivity index (χ2n) is 8.78. The summed E-state index contributed by atoms with van der Waals surface area (Å²) in [5, 5.41) is 5.73. The highest BCUT2D eigenvalue weighted by Gasteiger charge is 2.18. The molecule has 0 saturated carbocycles. The van der Waals surface area contributed by atoms with E-state index in [9.17, 15) is 4.39 Å². The standard InChI is InChI=1S/C27H24ClFN8O/c28-19-1-6-25(31-16-19)26-32-17-37(35-26)22-4-2-21(3-5-22)33-27-30-8-7-24(34-27)18-13-20(29)15-23(14-18)36-9-11-38-12-10-36/h1-8,13-16H,9-12,17H2,(H,32,35)(H,30,33,34). The van der Waals surface area contributed by atoms with Gasteiger partial charge in [-0.05, 0) is 60.7 Å². The van der Waals surface area contributed by atoms with Crippen molar-refractivity contribution in [3.05, 3.63) is 89.6 Å². The minimum Gasteiger partial charge on any atom is -0.378 e. The molecule has 0 atom stereocenters. The third-order valence-electron chi connectivity index (χ3n) is 6.23. The van der Waals surface area contributed by atoms with Gasteiger partial charge in [0.05, 0.1) is 29.6 Å². The molecule has 2 N–H and O–H groups in total. The molecule has 1 fully saturated rings. The van der Waals surface area contributed by atoms with Crippen LogP contribution in [0.2, 0.25) is 5.02 Å². The zero-order chi connectivity index (χ0) is 25.9. The molecule has 11 heteroatoms. The quantitative estimate of drug-likeness (QED) is 0.372. The molecule has 0 spiro atoms. The Labute approximate surface area is 224 Å². The Morgan fingerprint density at radius 2 is 1.76 bits per heavy atom. The third kappa shape index (κ3) is 5.36. The maximum Gasteiger partial charge on any atom is 0.227 e. The number of nitrogens with one attached hydrogen (secondary N) is 2. The summed E-state index contributed by atoms with van der Waals surface area (Å²) in [4.78, 5) is 19.9. The first kappa shape index (κ1) is 24.1. The van der Waals surface area contributed by atoms with Crippen molar-refractivity contribution in [3.8, 4) is 11.3 Å². The van der Waals surface area contributed by atoms with E-state index in [2.05, 4.69) is 35.6 Å². The molecule has 192 valence electrons. The van der Waals surface area contributed by atoms with Crippen LogP contribution in [0.4, 0.5) is 27.4 Å². The second kappa shape index (κ2) is 10.6. The number of aromatic nitrogens is 3. The SMILES string of the molecule is Fc1cc(-c2ccnc(Nc3ccc(N4CN=C(c5ccc(Cl)cn5)N4)cc3)n2)cc(N2CCOCC2)c1. The van der Waals surface area contributed by atoms with E-state index in [4.69, 9.17) is 16.3 Å². The van der Waals surface area contributed by atoms with Crippen molar-refractivity contribution < 1.29 is 9.13 Å². The van der Waals surface area contributed by atoms with Crippen LogP contribution >= 0.6 is 11.6 Å². The van der Waals surface area contributed by atoms with Gasteiger partial charge in [-0.2, -0.15) is 0 Å². The van der Waals surface area contributed by atoms with Gasteiger partial charge < -0.3 is 15.0 Å². The molecular weight excluding hydrogens is 507 g/mol. The molecule has 2 aromatic heterocycles. The van der Waals surface area contributed by atoms with Gasteiger partial charge in [-0.3, -0.25) is 15.4 Å². The molecular formula is C27H24ClFN8O. The van der Waals surface area contributed by atoms with Crippen LogP contribution in [-0.2, 0) is 4.74 Å². The third-order valence-corrected chi connectivity index (χ3v) is 6.45. The topological polar surface area (TPSA) is 90.8 Å². The molecule has 4 aromatic rings. The first-order valence-electron chi connectivity index (χ1n) is 12.2. The summed E-state index contributed by atoms with van der Waals surface area (Å²) in [5.74, 6) is 0.802. The fourth-order valence-electron chi connectivity index (χ4n) is 4.30. The van der Waals surface area contributed by atoms with Crippen molar-refractivity contribution in [1.29, 1.82) is 0 Å². The second-order valence-corrected chi connectivity index (χ2v) is 9.22. The summed E-state index contributed by atoms with van der Waals surface area (Å²) in [7, 11) is 0. The molecule has 38 heavy (non-hydrogen) atoms. The van der Waals surface area contributed by atoms with Crippen molar-refractivity contribution in [2.75, 3.05) is 48.2 Å². The number of pyridine rings is 1. The number of hydrazine groups is 1. The Balaban J connectivity index is 1.13. The smallest absolute Gasteiger partial charge is 0.227 e. The number of rotatable bonds is 6. The molecule has 0 aliphatic carbocycles. The summed E-state index contributed by atoms with van der Waals surface area (Å²) in [6, 6.07) is 18.2. The number of hydrogen-bond donors (Lipinski definition) is 2. The fraction of sp³-hybridized carbons (Fsp3) is 0.185. The largest absolute Gasteiger partial charge is 0.378 e. The predicted octanol–water partition coefficient (Wildman–Crippen LogP) is 4.64. The zero-order valence-corrected chi connectivity index (χ0v) is 21.1. The molecule has 2 aromatic carbocycles. The van der Waals surface area contributed by atoms with E-state index >= 15 is 0 Å². The van der Waals surface area contributed by atoms with Crippen LogP contribution in [0, 0.1) is 5.82 Å². The Kier molecular flexibility index (Phi) is 6.72. The van der Waals surface area contributed by atoms with Gasteiger partial charge in [0.15, 0.2) is 5.84 Å². The molecule has 1 saturated heterocycles. The average molecular weight is 531 g/mol. The van der Waals surface area contributed by atoms with E-state index in [1.54, 1.807) is 30.6 Å². The van der Waals surface area contributed by atoms with Crippen molar-refractivity contribution in [2.45, 2.75) is 0 Å². The van der Waals surface area contributed by atoms with Crippen LogP contribution in [-0.4, -0.2) is 53.8 Å². The molecule has 0 radical (unpaired) electrons.